The van der Waals surface area contributed by atoms with Crippen LogP contribution in [0.15, 0.2) is 21.4 Å². The number of carbonyl (C=O) groups is 1. The summed E-state index contributed by atoms with van der Waals surface area (Å²) in [7, 11) is -3.02. The fourth-order valence-corrected chi connectivity index (χ4v) is 5.61. The quantitative estimate of drug-likeness (QED) is 0.495. The number of hydrogen-bond acceptors (Lipinski definition) is 8. The van der Waals surface area contributed by atoms with Crippen molar-refractivity contribution in [3.8, 4) is 0 Å². The average Bonchev–Trinajstić information content (AvgIpc) is 2.70. The zero-order valence-corrected chi connectivity index (χ0v) is 19.7. The number of halogens is 1. The number of hydrogen-bond donors (Lipinski definition) is 3. The van der Waals surface area contributed by atoms with E-state index < -0.39 is 34.0 Å². The van der Waals surface area contributed by atoms with E-state index in [0.717, 1.165) is 5.70 Å². The number of nitrogens with one attached hydrogen (secondary N) is 1. The molecule has 0 spiro atoms. The Bertz CT molecular complexity index is 898. The number of nitrogens with zero attached hydrogens (tertiary/aromatic N) is 3. The van der Waals surface area contributed by atoms with Crippen LogP contribution in [-0.2, 0) is 14.6 Å². The molecule has 32 heavy (non-hydrogen) atoms. The summed E-state index contributed by atoms with van der Waals surface area (Å²) in [6.07, 6.45) is 1.77. The van der Waals surface area contributed by atoms with Gasteiger partial charge < -0.3 is 21.7 Å². The molecule has 3 heterocycles. The maximum absolute atomic E-state index is 14.1. The minimum atomic E-state index is -3.02. The highest BCUT2D eigenvalue weighted by atomic mass is 32.2. The Balaban J connectivity index is 1.83. The van der Waals surface area contributed by atoms with Crippen molar-refractivity contribution in [1.82, 2.24) is 10.2 Å². The summed E-state index contributed by atoms with van der Waals surface area (Å²) < 4.78 is 37.7. The first-order valence-electron chi connectivity index (χ1n) is 11.2. The van der Waals surface area contributed by atoms with Crippen LogP contribution in [-0.4, -0.2) is 81.2 Å². The maximum atomic E-state index is 14.1. The normalized spacial score (nSPS) is 26.9. The standard InChI is InChI=1S/C21H35FN6O3S/c1-21(2)5-3-14(22)12-26-15(11-21)18(19(23)24)20(29)27-16-13-25-6-4-17(16)28-7-9-32(30,31)10-8-28/h13-14,18-19H,3-12,23-24H2,1-2H3,(H,27,29). The van der Waals surface area contributed by atoms with Gasteiger partial charge in [-0.1, -0.05) is 13.8 Å². The second-order valence-corrected chi connectivity index (χ2v) is 11.9. The van der Waals surface area contributed by atoms with E-state index in [2.05, 4.69) is 15.3 Å². The van der Waals surface area contributed by atoms with Gasteiger partial charge in [-0.05, 0) is 24.7 Å². The molecule has 0 aromatic heterocycles. The third kappa shape index (κ3) is 6.35. The number of amides is 1. The van der Waals surface area contributed by atoms with Gasteiger partial charge in [-0.25, -0.2) is 12.8 Å². The average molecular weight is 471 g/mol. The Hall–Kier alpha value is -1.85. The van der Waals surface area contributed by atoms with Crippen molar-refractivity contribution in [1.29, 1.82) is 0 Å². The predicted molar refractivity (Wildman–Crippen MR) is 124 cm³/mol. The molecule has 0 saturated carbocycles. The lowest BCUT2D eigenvalue weighted by Crippen LogP contribution is -2.52. The van der Waals surface area contributed by atoms with Gasteiger partial charge in [0.15, 0.2) is 9.84 Å². The number of allylic oxidation sites excluding steroid dienone is 1. The van der Waals surface area contributed by atoms with Gasteiger partial charge in [-0.2, -0.15) is 0 Å². The Morgan fingerprint density at radius 1 is 1.31 bits per heavy atom. The summed E-state index contributed by atoms with van der Waals surface area (Å²) in [5.74, 6) is -1.13. The van der Waals surface area contributed by atoms with Gasteiger partial charge in [-0.3, -0.25) is 14.8 Å². The third-order valence-electron chi connectivity index (χ3n) is 6.31. The SMILES string of the molecule is CC1(C)CCC(F)CN=C(C(C(=O)NC2=C(N3CCS(=O)(=O)CC3)CCN=C2)C(N)N)C1. The van der Waals surface area contributed by atoms with Crippen LogP contribution in [0.4, 0.5) is 4.39 Å². The molecule has 11 heteroatoms. The third-order valence-corrected chi connectivity index (χ3v) is 7.92. The summed E-state index contributed by atoms with van der Waals surface area (Å²) in [5.41, 5.74) is 13.7. The van der Waals surface area contributed by atoms with Crippen LogP contribution in [0.5, 0.6) is 0 Å². The van der Waals surface area contributed by atoms with Crippen LogP contribution >= 0.6 is 0 Å². The van der Waals surface area contributed by atoms with Crippen LogP contribution in [0.25, 0.3) is 0 Å². The first-order chi connectivity index (χ1) is 15.0. The van der Waals surface area contributed by atoms with Crippen molar-refractivity contribution in [2.24, 2.45) is 32.8 Å². The Labute approximate surface area is 189 Å². The highest BCUT2D eigenvalue weighted by Gasteiger charge is 2.35. The van der Waals surface area contributed by atoms with E-state index in [9.17, 15) is 17.6 Å². The summed E-state index contributed by atoms with van der Waals surface area (Å²) in [5, 5.41) is 2.91. The first kappa shape index (κ1) is 24.8. The number of carbonyl (C=O) groups excluding carboxylic acids is 1. The zero-order chi connectivity index (χ0) is 23.5. The molecule has 0 aliphatic carbocycles. The lowest BCUT2D eigenvalue weighted by molar-refractivity contribution is -0.122. The molecule has 0 radical (unpaired) electrons. The van der Waals surface area contributed by atoms with E-state index in [1.54, 1.807) is 6.21 Å². The molecule has 180 valence electrons. The molecule has 0 bridgehead atoms. The number of rotatable bonds is 5. The number of sulfone groups is 1. The van der Waals surface area contributed by atoms with Crippen LogP contribution in [0.1, 0.15) is 39.5 Å². The van der Waals surface area contributed by atoms with Crippen molar-refractivity contribution in [3.05, 3.63) is 11.4 Å². The molecule has 1 saturated heterocycles. The smallest absolute Gasteiger partial charge is 0.236 e. The van der Waals surface area contributed by atoms with Crippen molar-refractivity contribution in [3.63, 3.8) is 0 Å². The molecule has 1 fully saturated rings. The van der Waals surface area contributed by atoms with Crippen molar-refractivity contribution in [2.45, 2.75) is 51.9 Å². The van der Waals surface area contributed by atoms with Gasteiger partial charge in [0.2, 0.25) is 5.91 Å². The lowest BCUT2D eigenvalue weighted by atomic mass is 9.77. The van der Waals surface area contributed by atoms with E-state index >= 15 is 0 Å². The second-order valence-electron chi connectivity index (χ2n) is 9.64. The fourth-order valence-electron chi connectivity index (χ4n) is 4.41. The van der Waals surface area contributed by atoms with Crippen LogP contribution in [0, 0.1) is 11.3 Å². The molecule has 3 rings (SSSR count). The second kappa shape index (κ2) is 9.96. The van der Waals surface area contributed by atoms with E-state index in [0.29, 0.717) is 56.7 Å². The molecule has 9 nitrogen and oxygen atoms in total. The fraction of sp³-hybridized carbons (Fsp3) is 0.762. The molecule has 2 atom stereocenters. The highest BCUT2D eigenvalue weighted by Crippen LogP contribution is 2.32. The summed E-state index contributed by atoms with van der Waals surface area (Å²) in [6, 6.07) is 0. The molecular weight excluding hydrogens is 435 g/mol. The van der Waals surface area contributed by atoms with Crippen LogP contribution in [0.3, 0.4) is 0 Å². The van der Waals surface area contributed by atoms with E-state index in [-0.39, 0.29) is 23.5 Å². The Morgan fingerprint density at radius 3 is 2.66 bits per heavy atom. The molecule has 2 unspecified atom stereocenters. The van der Waals surface area contributed by atoms with Gasteiger partial charge >= 0.3 is 0 Å². The first-order valence-corrected chi connectivity index (χ1v) is 13.0. The monoisotopic (exact) mass is 470 g/mol. The number of nitrogens with two attached hydrogens (primary N) is 2. The minimum Gasteiger partial charge on any atom is -0.371 e. The summed E-state index contributed by atoms with van der Waals surface area (Å²) in [4.78, 5) is 24.0. The van der Waals surface area contributed by atoms with Gasteiger partial charge in [0.25, 0.3) is 0 Å². The Morgan fingerprint density at radius 2 is 2.00 bits per heavy atom. The minimum absolute atomic E-state index is 0.000427. The molecule has 1 amide bonds. The van der Waals surface area contributed by atoms with Crippen molar-refractivity contribution >= 4 is 27.7 Å². The van der Waals surface area contributed by atoms with E-state index in [1.165, 1.54) is 0 Å². The molecular formula is C21H35FN6O3S. The predicted octanol–water partition coefficient (Wildman–Crippen LogP) is 0.368. The topological polar surface area (TPSA) is 143 Å². The molecule has 0 aromatic carbocycles. The lowest BCUT2D eigenvalue weighted by Gasteiger charge is -2.34. The van der Waals surface area contributed by atoms with E-state index in [4.69, 9.17) is 11.5 Å². The zero-order valence-electron chi connectivity index (χ0n) is 18.9. The van der Waals surface area contributed by atoms with Crippen molar-refractivity contribution in [2.75, 3.05) is 37.7 Å². The largest absolute Gasteiger partial charge is 0.371 e. The molecule has 3 aliphatic heterocycles. The van der Waals surface area contributed by atoms with E-state index in [1.807, 2.05) is 18.7 Å². The van der Waals surface area contributed by atoms with Crippen LogP contribution < -0.4 is 16.8 Å². The summed E-state index contributed by atoms with van der Waals surface area (Å²) >= 11 is 0. The van der Waals surface area contributed by atoms with Crippen molar-refractivity contribution < 1.29 is 17.6 Å². The van der Waals surface area contributed by atoms with Gasteiger partial charge in [-0.15, -0.1) is 0 Å². The molecule has 3 aliphatic rings. The van der Waals surface area contributed by atoms with Crippen LogP contribution in [0.2, 0.25) is 0 Å². The highest BCUT2D eigenvalue weighted by molar-refractivity contribution is 7.91. The number of aliphatic imine (C=N–C) groups is 2. The maximum Gasteiger partial charge on any atom is 0.236 e. The molecule has 5 N–H and O–H groups in total. The summed E-state index contributed by atoms with van der Waals surface area (Å²) in [6.45, 7) is 5.37. The van der Waals surface area contributed by atoms with Gasteiger partial charge in [0.1, 0.15) is 12.1 Å². The molecule has 0 aromatic rings. The number of dihydropyridines is 1. The Kier molecular flexibility index (Phi) is 7.72. The van der Waals surface area contributed by atoms with Gasteiger partial charge in [0.05, 0.1) is 29.9 Å². The number of alkyl halides is 1. The van der Waals surface area contributed by atoms with Gasteiger partial charge in [0, 0.05) is 43.7 Å².